The number of halogens is 1. The summed E-state index contributed by atoms with van der Waals surface area (Å²) in [6, 6.07) is 16.0. The number of hydrogen-bond acceptors (Lipinski definition) is 5. The third kappa shape index (κ3) is 4.67. The van der Waals surface area contributed by atoms with Crippen LogP contribution in [-0.4, -0.2) is 37.2 Å². The smallest absolute Gasteiger partial charge is 0.125 e. The molecule has 5 nitrogen and oxygen atoms in total. The van der Waals surface area contributed by atoms with Gasteiger partial charge in [-0.15, -0.1) is 12.4 Å². The molecule has 2 N–H and O–H groups in total. The van der Waals surface area contributed by atoms with Crippen LogP contribution in [0, 0.1) is 11.3 Å². The molecule has 2 aromatic rings. The van der Waals surface area contributed by atoms with E-state index in [9.17, 15) is 0 Å². The van der Waals surface area contributed by atoms with Crippen LogP contribution in [-0.2, 0) is 6.42 Å². The molecule has 29 heavy (non-hydrogen) atoms. The molecule has 2 aliphatic heterocycles. The van der Waals surface area contributed by atoms with Crippen LogP contribution in [0.3, 0.4) is 0 Å². The lowest BCUT2D eigenvalue weighted by molar-refractivity contribution is -0.0214. The highest BCUT2D eigenvalue weighted by Crippen LogP contribution is 2.44. The summed E-state index contributed by atoms with van der Waals surface area (Å²) in [7, 11) is 1.67. The highest BCUT2D eigenvalue weighted by Gasteiger charge is 2.42. The molecule has 4 rings (SSSR count). The minimum atomic E-state index is -0.147. The summed E-state index contributed by atoms with van der Waals surface area (Å²) in [6.45, 7) is 3.07. The zero-order valence-corrected chi connectivity index (χ0v) is 17.6. The molecule has 0 bridgehead atoms. The van der Waals surface area contributed by atoms with Crippen LogP contribution in [0.5, 0.6) is 11.5 Å². The topological polar surface area (TPSA) is 71.5 Å². The van der Waals surface area contributed by atoms with E-state index < -0.39 is 0 Å². The fourth-order valence-corrected chi connectivity index (χ4v) is 4.35. The van der Waals surface area contributed by atoms with E-state index in [1.165, 1.54) is 5.56 Å². The molecule has 2 aromatic carbocycles. The first-order chi connectivity index (χ1) is 13.6. The molecule has 0 unspecified atom stereocenters. The second kappa shape index (κ2) is 9.04. The highest BCUT2D eigenvalue weighted by atomic mass is 35.5. The molecule has 1 saturated heterocycles. The van der Waals surface area contributed by atoms with Crippen LogP contribution >= 0.6 is 12.4 Å². The largest absolute Gasteiger partial charge is 0.497 e. The molecule has 0 saturated carbocycles. The Morgan fingerprint density at radius 2 is 1.93 bits per heavy atom. The van der Waals surface area contributed by atoms with Crippen molar-refractivity contribution in [2.24, 2.45) is 5.73 Å². The Bertz CT molecular complexity index is 871. The van der Waals surface area contributed by atoms with Crippen molar-refractivity contribution in [1.82, 2.24) is 4.90 Å². The molecule has 1 spiro atoms. The first-order valence-corrected chi connectivity index (χ1v) is 9.95. The number of piperidine rings is 1. The van der Waals surface area contributed by atoms with E-state index in [1.807, 2.05) is 30.3 Å². The van der Waals surface area contributed by atoms with Crippen LogP contribution in [0.4, 0.5) is 0 Å². The third-order valence-corrected chi connectivity index (χ3v) is 6.10. The predicted molar refractivity (Wildman–Crippen MR) is 116 cm³/mol. The SMILES string of the molecule is COc1ccc2c(c1)[C@@H](N)CC1(CCN(CCc3ccc(C#N)cc3)CC1)O2.Cl. The summed E-state index contributed by atoms with van der Waals surface area (Å²) in [5.74, 6) is 1.73. The van der Waals surface area contributed by atoms with Gasteiger partial charge in [0, 0.05) is 37.7 Å². The number of hydrogen-bond donors (Lipinski definition) is 1. The Hall–Kier alpha value is -2.26. The normalized spacial score (nSPS) is 20.1. The molecule has 0 amide bonds. The van der Waals surface area contributed by atoms with Crippen molar-refractivity contribution in [2.45, 2.75) is 37.3 Å². The molecule has 6 heteroatoms. The standard InChI is InChI=1S/C23H27N3O2.ClH/c1-27-19-6-7-22-20(14-19)21(25)15-23(28-22)9-12-26(13-10-23)11-8-17-2-4-18(16-24)5-3-17;/h2-7,14,21H,8-13,15,25H2,1H3;1H/t21-;/m0./s1. The van der Waals surface area contributed by atoms with Crippen molar-refractivity contribution in [3.8, 4) is 17.6 Å². The Morgan fingerprint density at radius 1 is 1.21 bits per heavy atom. The molecule has 2 heterocycles. The zero-order valence-electron chi connectivity index (χ0n) is 16.8. The fourth-order valence-electron chi connectivity index (χ4n) is 4.35. The van der Waals surface area contributed by atoms with Crippen molar-refractivity contribution in [1.29, 1.82) is 5.26 Å². The lowest BCUT2D eigenvalue weighted by atomic mass is 9.81. The summed E-state index contributed by atoms with van der Waals surface area (Å²) in [5, 5.41) is 8.90. The Kier molecular flexibility index (Phi) is 6.69. The van der Waals surface area contributed by atoms with Crippen LogP contribution in [0.15, 0.2) is 42.5 Å². The monoisotopic (exact) mass is 413 g/mol. The minimum absolute atomic E-state index is 0. The summed E-state index contributed by atoms with van der Waals surface area (Å²) >= 11 is 0. The van der Waals surface area contributed by atoms with Crippen LogP contribution in [0.25, 0.3) is 0 Å². The summed E-state index contributed by atoms with van der Waals surface area (Å²) in [6.07, 6.45) is 3.86. The maximum Gasteiger partial charge on any atom is 0.125 e. The van der Waals surface area contributed by atoms with Gasteiger partial charge >= 0.3 is 0 Å². The van der Waals surface area contributed by atoms with Gasteiger partial charge in [0.1, 0.15) is 17.1 Å². The average Bonchev–Trinajstić information content (AvgIpc) is 2.73. The second-order valence-electron chi connectivity index (χ2n) is 7.90. The predicted octanol–water partition coefficient (Wildman–Crippen LogP) is 3.85. The average molecular weight is 414 g/mol. The van der Waals surface area contributed by atoms with E-state index in [2.05, 4.69) is 23.1 Å². The Morgan fingerprint density at radius 3 is 2.59 bits per heavy atom. The number of fused-ring (bicyclic) bond motifs is 1. The maximum absolute atomic E-state index is 8.90. The number of ether oxygens (including phenoxy) is 2. The lowest BCUT2D eigenvalue weighted by Crippen LogP contribution is -2.51. The summed E-state index contributed by atoms with van der Waals surface area (Å²) in [5.41, 5.74) is 9.39. The number of benzene rings is 2. The molecule has 0 aromatic heterocycles. The minimum Gasteiger partial charge on any atom is -0.497 e. The molecule has 2 aliphatic rings. The van der Waals surface area contributed by atoms with Gasteiger partial charge in [-0.1, -0.05) is 12.1 Å². The van der Waals surface area contributed by atoms with Gasteiger partial charge in [-0.3, -0.25) is 0 Å². The number of nitrogens with two attached hydrogens (primary N) is 1. The first kappa shape index (κ1) is 21.4. The molecular weight excluding hydrogens is 386 g/mol. The molecular formula is C23H28ClN3O2. The van der Waals surface area contributed by atoms with E-state index in [0.29, 0.717) is 5.56 Å². The number of rotatable bonds is 4. The van der Waals surface area contributed by atoms with Crippen LogP contribution in [0.1, 0.15) is 42.0 Å². The van der Waals surface area contributed by atoms with Gasteiger partial charge in [0.2, 0.25) is 0 Å². The van der Waals surface area contributed by atoms with Crippen molar-refractivity contribution < 1.29 is 9.47 Å². The summed E-state index contributed by atoms with van der Waals surface area (Å²) < 4.78 is 11.8. The van der Waals surface area contributed by atoms with Crippen molar-refractivity contribution in [3.05, 3.63) is 59.2 Å². The van der Waals surface area contributed by atoms with E-state index in [1.54, 1.807) is 7.11 Å². The quantitative estimate of drug-likeness (QED) is 0.824. The lowest BCUT2D eigenvalue weighted by Gasteiger charge is -2.46. The zero-order chi connectivity index (χ0) is 19.6. The van der Waals surface area contributed by atoms with Gasteiger partial charge in [-0.25, -0.2) is 0 Å². The fraction of sp³-hybridized carbons (Fsp3) is 0.435. The first-order valence-electron chi connectivity index (χ1n) is 9.95. The molecule has 0 aliphatic carbocycles. The number of nitrogens with zero attached hydrogens (tertiary/aromatic N) is 2. The van der Waals surface area contributed by atoms with E-state index in [0.717, 1.165) is 62.4 Å². The Labute approximate surface area is 178 Å². The van der Waals surface area contributed by atoms with Gasteiger partial charge in [-0.05, 0) is 55.2 Å². The van der Waals surface area contributed by atoms with Gasteiger partial charge < -0.3 is 20.1 Å². The highest BCUT2D eigenvalue weighted by molar-refractivity contribution is 5.85. The number of likely N-dealkylation sites (tertiary alicyclic amines) is 1. The number of nitriles is 1. The van der Waals surface area contributed by atoms with E-state index in [4.69, 9.17) is 20.5 Å². The molecule has 154 valence electrons. The van der Waals surface area contributed by atoms with Gasteiger partial charge in [-0.2, -0.15) is 5.26 Å². The van der Waals surface area contributed by atoms with E-state index >= 15 is 0 Å². The number of methoxy groups -OCH3 is 1. The van der Waals surface area contributed by atoms with Crippen molar-refractivity contribution >= 4 is 12.4 Å². The van der Waals surface area contributed by atoms with Crippen LogP contribution < -0.4 is 15.2 Å². The molecule has 0 radical (unpaired) electrons. The van der Waals surface area contributed by atoms with Gasteiger partial charge in [0.05, 0.1) is 18.7 Å². The second-order valence-corrected chi connectivity index (χ2v) is 7.90. The Balaban J connectivity index is 0.00000240. The summed E-state index contributed by atoms with van der Waals surface area (Å²) in [4.78, 5) is 2.50. The van der Waals surface area contributed by atoms with Gasteiger partial charge in [0.15, 0.2) is 0 Å². The maximum atomic E-state index is 8.90. The molecule has 1 atom stereocenters. The van der Waals surface area contributed by atoms with E-state index in [-0.39, 0.29) is 24.0 Å². The van der Waals surface area contributed by atoms with Crippen molar-refractivity contribution in [2.75, 3.05) is 26.7 Å². The molecule has 1 fully saturated rings. The van der Waals surface area contributed by atoms with Gasteiger partial charge in [0.25, 0.3) is 0 Å². The third-order valence-electron chi connectivity index (χ3n) is 6.10. The van der Waals surface area contributed by atoms with Crippen LogP contribution in [0.2, 0.25) is 0 Å². The van der Waals surface area contributed by atoms with Crippen molar-refractivity contribution in [3.63, 3.8) is 0 Å².